The maximum Gasteiger partial charge on any atom is 0.183 e. The molecule has 0 spiro atoms. The molecule has 13 heavy (non-hydrogen) atoms. The van der Waals surface area contributed by atoms with Crippen molar-refractivity contribution in [2.75, 3.05) is 16.3 Å². The first-order valence-electron chi connectivity index (χ1n) is 4.05. The number of aromatic nitrogens is 1. The van der Waals surface area contributed by atoms with E-state index >= 15 is 0 Å². The Bertz CT molecular complexity index is 366. The molecule has 2 nitrogen and oxygen atoms in total. The summed E-state index contributed by atoms with van der Waals surface area (Å²) in [6, 6.07) is 8.20. The molecule has 68 valence electrons. The van der Waals surface area contributed by atoms with Gasteiger partial charge in [0.25, 0.3) is 0 Å². The highest BCUT2D eigenvalue weighted by molar-refractivity contribution is 14.1. The number of anilines is 1. The Kier molecular flexibility index (Phi) is 3.00. The van der Waals surface area contributed by atoms with E-state index < -0.39 is 0 Å². The minimum absolute atomic E-state index is 0.986. The average molecular weight is 304 g/mol. The van der Waals surface area contributed by atoms with Crippen molar-refractivity contribution in [2.24, 2.45) is 0 Å². The SMILES string of the molecule is ICCNc1nc2ccccc2s1. The van der Waals surface area contributed by atoms with Gasteiger partial charge in [-0.15, -0.1) is 0 Å². The van der Waals surface area contributed by atoms with Crippen LogP contribution in [0.15, 0.2) is 24.3 Å². The monoisotopic (exact) mass is 304 g/mol. The minimum atomic E-state index is 0.986. The van der Waals surface area contributed by atoms with Gasteiger partial charge >= 0.3 is 0 Å². The highest BCUT2D eigenvalue weighted by atomic mass is 127. The average Bonchev–Trinajstić information content (AvgIpc) is 2.57. The molecule has 0 unspecified atom stereocenters. The van der Waals surface area contributed by atoms with E-state index in [2.05, 4.69) is 39.0 Å². The third-order valence-corrected chi connectivity index (χ3v) is 3.20. The topological polar surface area (TPSA) is 24.9 Å². The largest absolute Gasteiger partial charge is 0.361 e. The zero-order valence-corrected chi connectivity index (χ0v) is 9.93. The Hall–Kier alpha value is -0.360. The summed E-state index contributed by atoms with van der Waals surface area (Å²) in [5.74, 6) is 0. The highest BCUT2D eigenvalue weighted by Crippen LogP contribution is 2.24. The number of hydrogen-bond acceptors (Lipinski definition) is 3. The normalized spacial score (nSPS) is 10.5. The summed E-state index contributed by atoms with van der Waals surface area (Å²) < 4.78 is 2.35. The van der Waals surface area contributed by atoms with Crippen molar-refractivity contribution in [2.45, 2.75) is 0 Å². The minimum Gasteiger partial charge on any atom is -0.361 e. The number of nitrogens with one attached hydrogen (secondary N) is 1. The van der Waals surface area contributed by atoms with Crippen LogP contribution in [0.25, 0.3) is 10.2 Å². The molecule has 0 saturated carbocycles. The van der Waals surface area contributed by atoms with Gasteiger partial charge in [-0.3, -0.25) is 0 Å². The summed E-state index contributed by atoms with van der Waals surface area (Å²) in [5, 5.41) is 4.31. The molecule has 0 aliphatic rings. The van der Waals surface area contributed by atoms with Crippen molar-refractivity contribution in [1.29, 1.82) is 0 Å². The first-order chi connectivity index (χ1) is 6.40. The molecule has 0 aliphatic carbocycles. The molecule has 1 aromatic carbocycles. The van der Waals surface area contributed by atoms with Gasteiger partial charge in [-0.25, -0.2) is 4.98 Å². The molecular formula is C9H9IN2S. The number of benzene rings is 1. The number of para-hydroxylation sites is 1. The Balaban J connectivity index is 2.28. The van der Waals surface area contributed by atoms with E-state index in [0.29, 0.717) is 0 Å². The van der Waals surface area contributed by atoms with Gasteiger partial charge in [0, 0.05) is 11.0 Å². The Morgan fingerprint density at radius 2 is 2.23 bits per heavy atom. The van der Waals surface area contributed by atoms with Crippen LogP contribution in [0.3, 0.4) is 0 Å². The van der Waals surface area contributed by atoms with Gasteiger partial charge in [0.1, 0.15) is 0 Å². The lowest BCUT2D eigenvalue weighted by Crippen LogP contribution is -2.00. The summed E-state index contributed by atoms with van der Waals surface area (Å²) in [6.07, 6.45) is 0. The Morgan fingerprint density at radius 3 is 3.00 bits per heavy atom. The summed E-state index contributed by atoms with van der Waals surface area (Å²) in [7, 11) is 0. The summed E-state index contributed by atoms with van der Waals surface area (Å²) in [5.41, 5.74) is 1.09. The fourth-order valence-corrected chi connectivity index (χ4v) is 2.26. The first kappa shape index (κ1) is 9.21. The molecular weight excluding hydrogens is 295 g/mol. The molecule has 0 saturated heterocycles. The quantitative estimate of drug-likeness (QED) is 0.696. The summed E-state index contributed by atoms with van der Waals surface area (Å²) in [6.45, 7) is 0.986. The van der Waals surface area contributed by atoms with Crippen LogP contribution in [-0.4, -0.2) is 16.0 Å². The van der Waals surface area contributed by atoms with Crippen LogP contribution >= 0.6 is 33.9 Å². The van der Waals surface area contributed by atoms with E-state index in [1.54, 1.807) is 11.3 Å². The van der Waals surface area contributed by atoms with Crippen LogP contribution in [0.4, 0.5) is 5.13 Å². The molecule has 1 N–H and O–H groups in total. The predicted molar refractivity (Wildman–Crippen MR) is 67.0 cm³/mol. The van der Waals surface area contributed by atoms with E-state index in [0.717, 1.165) is 21.6 Å². The van der Waals surface area contributed by atoms with E-state index in [1.807, 2.05) is 18.2 Å². The molecule has 0 amide bonds. The number of rotatable bonds is 3. The van der Waals surface area contributed by atoms with E-state index in [1.165, 1.54) is 4.70 Å². The summed E-state index contributed by atoms with van der Waals surface area (Å²) in [4.78, 5) is 4.45. The van der Waals surface area contributed by atoms with Crippen LogP contribution in [-0.2, 0) is 0 Å². The van der Waals surface area contributed by atoms with Crippen molar-refractivity contribution < 1.29 is 0 Å². The molecule has 0 bridgehead atoms. The van der Waals surface area contributed by atoms with Gasteiger partial charge in [0.15, 0.2) is 5.13 Å². The van der Waals surface area contributed by atoms with Gasteiger partial charge < -0.3 is 5.32 Å². The van der Waals surface area contributed by atoms with Crippen molar-refractivity contribution in [1.82, 2.24) is 4.98 Å². The molecule has 1 aromatic heterocycles. The fraction of sp³-hybridized carbons (Fsp3) is 0.222. The third kappa shape index (κ3) is 2.11. The zero-order chi connectivity index (χ0) is 9.10. The number of thiazole rings is 1. The van der Waals surface area contributed by atoms with E-state index in [4.69, 9.17) is 0 Å². The number of fused-ring (bicyclic) bond motifs is 1. The third-order valence-electron chi connectivity index (χ3n) is 1.66. The van der Waals surface area contributed by atoms with Crippen molar-refractivity contribution in [3.63, 3.8) is 0 Å². The molecule has 0 radical (unpaired) electrons. The number of hydrogen-bond donors (Lipinski definition) is 1. The standard InChI is InChI=1S/C9H9IN2S/c10-5-6-11-9-12-7-3-1-2-4-8(7)13-9/h1-4H,5-6H2,(H,11,12). The number of halogens is 1. The van der Waals surface area contributed by atoms with Crippen LogP contribution < -0.4 is 5.32 Å². The van der Waals surface area contributed by atoms with E-state index in [9.17, 15) is 0 Å². The molecule has 0 atom stereocenters. The Labute approximate surface area is 94.5 Å². The molecule has 0 fully saturated rings. The van der Waals surface area contributed by atoms with Crippen molar-refractivity contribution in [3.05, 3.63) is 24.3 Å². The van der Waals surface area contributed by atoms with Crippen LogP contribution in [0.1, 0.15) is 0 Å². The van der Waals surface area contributed by atoms with E-state index in [-0.39, 0.29) is 0 Å². The fourth-order valence-electron chi connectivity index (χ4n) is 1.10. The lowest BCUT2D eigenvalue weighted by atomic mass is 10.3. The second-order valence-corrected chi connectivity index (χ2v) is 4.71. The Morgan fingerprint density at radius 1 is 1.38 bits per heavy atom. The van der Waals surface area contributed by atoms with Crippen molar-refractivity contribution in [3.8, 4) is 0 Å². The maximum absolute atomic E-state index is 4.45. The highest BCUT2D eigenvalue weighted by Gasteiger charge is 2.00. The smallest absolute Gasteiger partial charge is 0.183 e. The number of alkyl halides is 1. The molecule has 1 heterocycles. The van der Waals surface area contributed by atoms with Crippen LogP contribution in [0.2, 0.25) is 0 Å². The molecule has 0 aliphatic heterocycles. The molecule has 2 aromatic rings. The van der Waals surface area contributed by atoms with Gasteiger partial charge in [-0.1, -0.05) is 46.1 Å². The second-order valence-electron chi connectivity index (χ2n) is 2.60. The number of nitrogens with zero attached hydrogens (tertiary/aromatic N) is 1. The summed E-state index contributed by atoms with van der Waals surface area (Å²) >= 11 is 4.06. The molecule has 2 rings (SSSR count). The van der Waals surface area contributed by atoms with Crippen LogP contribution in [0, 0.1) is 0 Å². The lowest BCUT2D eigenvalue weighted by molar-refractivity contribution is 1.23. The zero-order valence-electron chi connectivity index (χ0n) is 6.96. The van der Waals surface area contributed by atoms with Crippen LogP contribution in [0.5, 0.6) is 0 Å². The van der Waals surface area contributed by atoms with Gasteiger partial charge in [-0.05, 0) is 12.1 Å². The van der Waals surface area contributed by atoms with Crippen molar-refractivity contribution >= 4 is 49.3 Å². The molecule has 4 heteroatoms. The van der Waals surface area contributed by atoms with Gasteiger partial charge in [0.05, 0.1) is 10.2 Å². The van der Waals surface area contributed by atoms with Gasteiger partial charge in [-0.2, -0.15) is 0 Å². The predicted octanol–water partition coefficient (Wildman–Crippen LogP) is 3.14. The second kappa shape index (κ2) is 4.23. The first-order valence-corrected chi connectivity index (χ1v) is 6.40. The maximum atomic E-state index is 4.45. The lowest BCUT2D eigenvalue weighted by Gasteiger charge is -1.95. The van der Waals surface area contributed by atoms with Gasteiger partial charge in [0.2, 0.25) is 0 Å².